The van der Waals surface area contributed by atoms with Crippen LogP contribution in [0.15, 0.2) is 36.4 Å². The zero-order valence-electron chi connectivity index (χ0n) is 15.2. The predicted octanol–water partition coefficient (Wildman–Crippen LogP) is 3.17. The summed E-state index contributed by atoms with van der Waals surface area (Å²) < 4.78 is 5.12. The summed E-state index contributed by atoms with van der Waals surface area (Å²) in [4.78, 5) is 24.2. The van der Waals surface area contributed by atoms with E-state index in [0.29, 0.717) is 17.5 Å². The van der Waals surface area contributed by atoms with Crippen LogP contribution in [0, 0.1) is 11.8 Å². The predicted molar refractivity (Wildman–Crippen MR) is 98.4 cm³/mol. The molecule has 1 heterocycles. The maximum Gasteiger partial charge on any atom is 0.356 e. The molecule has 1 aromatic heterocycles. The van der Waals surface area contributed by atoms with Crippen molar-refractivity contribution in [2.45, 2.75) is 39.2 Å². The Balaban J connectivity index is 1.51. The van der Waals surface area contributed by atoms with Crippen molar-refractivity contribution in [3.63, 3.8) is 0 Å². The second kappa shape index (κ2) is 8.17. The summed E-state index contributed by atoms with van der Waals surface area (Å²) in [7, 11) is 0. The fourth-order valence-corrected chi connectivity index (χ4v) is 3.43. The highest BCUT2D eigenvalue weighted by Crippen LogP contribution is 2.29. The van der Waals surface area contributed by atoms with Crippen LogP contribution in [0.4, 0.5) is 0 Å². The first kappa shape index (κ1) is 18.2. The monoisotopic (exact) mass is 355 g/mol. The van der Waals surface area contributed by atoms with Gasteiger partial charge in [-0.2, -0.15) is 5.10 Å². The largest absolute Gasteiger partial charge is 0.451 e. The van der Waals surface area contributed by atoms with Crippen molar-refractivity contribution in [1.29, 1.82) is 0 Å². The summed E-state index contributed by atoms with van der Waals surface area (Å²) in [6.45, 7) is 4.10. The van der Waals surface area contributed by atoms with Gasteiger partial charge in [-0.15, -0.1) is 0 Å². The molecule has 1 amide bonds. The fraction of sp³-hybridized carbons (Fsp3) is 0.450. The molecular weight excluding hydrogens is 330 g/mol. The van der Waals surface area contributed by atoms with E-state index in [-0.39, 0.29) is 24.2 Å². The van der Waals surface area contributed by atoms with Crippen molar-refractivity contribution in [3.05, 3.63) is 42.1 Å². The Morgan fingerprint density at radius 1 is 1.23 bits per heavy atom. The molecule has 1 aliphatic carbocycles. The number of carbonyl (C=O) groups is 2. The van der Waals surface area contributed by atoms with E-state index in [0.717, 1.165) is 18.4 Å². The van der Waals surface area contributed by atoms with E-state index in [1.165, 1.54) is 6.42 Å². The highest BCUT2D eigenvalue weighted by atomic mass is 16.5. The molecule has 138 valence electrons. The molecule has 0 bridgehead atoms. The Bertz CT molecular complexity index is 757. The number of aromatic nitrogens is 2. The quantitative estimate of drug-likeness (QED) is 0.807. The van der Waals surface area contributed by atoms with Crippen LogP contribution in [-0.4, -0.2) is 34.7 Å². The van der Waals surface area contributed by atoms with Crippen molar-refractivity contribution in [2.75, 3.05) is 6.61 Å². The summed E-state index contributed by atoms with van der Waals surface area (Å²) in [5.41, 5.74) is 1.80. The van der Waals surface area contributed by atoms with Crippen LogP contribution in [0.2, 0.25) is 0 Å². The van der Waals surface area contributed by atoms with E-state index in [1.807, 2.05) is 30.3 Å². The Morgan fingerprint density at radius 3 is 2.77 bits per heavy atom. The van der Waals surface area contributed by atoms with E-state index in [1.54, 1.807) is 6.07 Å². The number of amides is 1. The smallest absolute Gasteiger partial charge is 0.356 e. The Morgan fingerprint density at radius 2 is 2.00 bits per heavy atom. The molecule has 0 aliphatic heterocycles. The minimum atomic E-state index is -0.583. The molecule has 0 unspecified atom stereocenters. The number of carbonyl (C=O) groups excluding carboxylic acids is 2. The first-order valence-electron chi connectivity index (χ1n) is 9.12. The molecular formula is C20H25N3O3. The van der Waals surface area contributed by atoms with Gasteiger partial charge in [0, 0.05) is 11.6 Å². The number of esters is 1. The lowest BCUT2D eigenvalue weighted by Gasteiger charge is -2.34. The standard InChI is InChI=1S/C20H25N3O3/c1-13-7-6-10-16(14(13)2)21-19(24)12-26-20(25)18-11-17(22-23-18)15-8-4-3-5-9-15/h3-5,8-9,11,13-14,16H,6-7,10,12H2,1-2H3,(H,21,24)(H,22,23)/t13-,14+,16-/m0/s1. The minimum Gasteiger partial charge on any atom is -0.451 e. The third kappa shape index (κ3) is 4.31. The fourth-order valence-electron chi connectivity index (χ4n) is 3.43. The minimum absolute atomic E-state index is 0.154. The van der Waals surface area contributed by atoms with E-state index in [9.17, 15) is 9.59 Å². The number of H-pyrrole nitrogens is 1. The molecule has 0 spiro atoms. The van der Waals surface area contributed by atoms with Crippen LogP contribution in [0.3, 0.4) is 0 Å². The molecule has 0 radical (unpaired) electrons. The van der Waals surface area contributed by atoms with Gasteiger partial charge in [0.2, 0.25) is 0 Å². The van der Waals surface area contributed by atoms with Gasteiger partial charge >= 0.3 is 5.97 Å². The zero-order valence-corrected chi connectivity index (χ0v) is 15.2. The number of nitrogens with zero attached hydrogens (tertiary/aromatic N) is 1. The van der Waals surface area contributed by atoms with E-state index in [4.69, 9.17) is 4.74 Å². The lowest BCUT2D eigenvalue weighted by atomic mass is 9.78. The number of benzene rings is 1. The Hall–Kier alpha value is -2.63. The van der Waals surface area contributed by atoms with Crippen molar-refractivity contribution >= 4 is 11.9 Å². The Kier molecular flexibility index (Phi) is 5.71. The molecule has 6 nitrogen and oxygen atoms in total. The topological polar surface area (TPSA) is 84.1 Å². The van der Waals surface area contributed by atoms with Gasteiger partial charge in [-0.25, -0.2) is 4.79 Å². The van der Waals surface area contributed by atoms with Crippen molar-refractivity contribution in [1.82, 2.24) is 15.5 Å². The molecule has 1 aliphatic rings. The number of rotatable bonds is 5. The molecule has 2 aromatic rings. The molecule has 3 rings (SSSR count). The first-order valence-corrected chi connectivity index (χ1v) is 9.12. The molecule has 3 atom stereocenters. The van der Waals surface area contributed by atoms with Gasteiger partial charge in [-0.3, -0.25) is 9.89 Å². The van der Waals surface area contributed by atoms with Gasteiger partial charge < -0.3 is 10.1 Å². The second-order valence-corrected chi connectivity index (χ2v) is 7.05. The lowest BCUT2D eigenvalue weighted by molar-refractivity contribution is -0.125. The molecule has 0 saturated heterocycles. The second-order valence-electron chi connectivity index (χ2n) is 7.05. The average molecular weight is 355 g/mol. The zero-order chi connectivity index (χ0) is 18.5. The number of hydrogen-bond acceptors (Lipinski definition) is 4. The van der Waals surface area contributed by atoms with E-state index in [2.05, 4.69) is 29.4 Å². The highest BCUT2D eigenvalue weighted by molar-refractivity contribution is 5.90. The summed E-state index contributed by atoms with van der Waals surface area (Å²) in [5, 5.41) is 9.78. The van der Waals surface area contributed by atoms with Crippen LogP contribution in [0.5, 0.6) is 0 Å². The molecule has 2 N–H and O–H groups in total. The van der Waals surface area contributed by atoms with Crippen LogP contribution in [-0.2, 0) is 9.53 Å². The van der Waals surface area contributed by atoms with Crippen LogP contribution < -0.4 is 5.32 Å². The van der Waals surface area contributed by atoms with Crippen molar-refractivity contribution in [2.24, 2.45) is 11.8 Å². The van der Waals surface area contributed by atoms with Crippen molar-refractivity contribution in [3.8, 4) is 11.3 Å². The third-order valence-electron chi connectivity index (χ3n) is 5.25. The Labute approximate surface area is 153 Å². The highest BCUT2D eigenvalue weighted by Gasteiger charge is 2.28. The number of nitrogens with one attached hydrogen (secondary N) is 2. The molecule has 1 fully saturated rings. The maximum atomic E-state index is 12.1. The molecule has 6 heteroatoms. The van der Waals surface area contributed by atoms with Crippen LogP contribution in [0.1, 0.15) is 43.6 Å². The van der Waals surface area contributed by atoms with E-state index >= 15 is 0 Å². The van der Waals surface area contributed by atoms with Crippen LogP contribution >= 0.6 is 0 Å². The van der Waals surface area contributed by atoms with Crippen LogP contribution in [0.25, 0.3) is 11.3 Å². The van der Waals surface area contributed by atoms with Gasteiger partial charge in [-0.05, 0) is 24.3 Å². The van der Waals surface area contributed by atoms with Gasteiger partial charge in [0.25, 0.3) is 5.91 Å². The molecule has 26 heavy (non-hydrogen) atoms. The van der Waals surface area contributed by atoms with Gasteiger partial charge in [0.1, 0.15) is 5.69 Å². The van der Waals surface area contributed by atoms with E-state index < -0.39 is 5.97 Å². The molecule has 1 saturated carbocycles. The summed E-state index contributed by atoms with van der Waals surface area (Å²) in [5.74, 6) is 0.189. The van der Waals surface area contributed by atoms with Gasteiger partial charge in [0.05, 0.1) is 5.69 Å². The number of ether oxygens (including phenoxy) is 1. The third-order valence-corrected chi connectivity index (χ3v) is 5.25. The lowest BCUT2D eigenvalue weighted by Crippen LogP contribution is -2.45. The summed E-state index contributed by atoms with van der Waals surface area (Å²) in [6.07, 6.45) is 3.30. The number of aromatic amines is 1. The first-order chi connectivity index (χ1) is 12.5. The summed E-state index contributed by atoms with van der Waals surface area (Å²) >= 11 is 0. The average Bonchev–Trinajstić information content (AvgIpc) is 3.14. The number of hydrogen-bond donors (Lipinski definition) is 2. The van der Waals surface area contributed by atoms with Crippen molar-refractivity contribution < 1.29 is 14.3 Å². The van der Waals surface area contributed by atoms with Gasteiger partial charge in [0.15, 0.2) is 6.61 Å². The summed E-state index contributed by atoms with van der Waals surface area (Å²) in [6, 6.07) is 11.3. The van der Waals surface area contributed by atoms with Gasteiger partial charge in [-0.1, -0.05) is 57.0 Å². The normalized spacial score (nSPS) is 22.6. The maximum absolute atomic E-state index is 12.1. The SMILES string of the molecule is C[C@H]1[C@@H](NC(=O)COC(=O)c2cc(-c3ccccc3)n[nH]2)CCC[C@@H]1C. The molecule has 1 aromatic carbocycles.